The molecule has 1 aromatic heterocycles. The van der Waals surface area contributed by atoms with Crippen LogP contribution < -0.4 is 5.32 Å². The number of anilines is 1. The molecule has 17 heavy (non-hydrogen) atoms. The van der Waals surface area contributed by atoms with Gasteiger partial charge >= 0.3 is 0 Å². The predicted molar refractivity (Wildman–Crippen MR) is 69.5 cm³/mol. The number of hydrogen-bond donors (Lipinski definition) is 2. The van der Waals surface area contributed by atoms with Gasteiger partial charge in [-0.05, 0) is 30.9 Å². The molecule has 0 aliphatic carbocycles. The third-order valence-electron chi connectivity index (χ3n) is 2.45. The number of nitrogens with zero attached hydrogens (tertiary/aromatic N) is 1. The molecule has 0 aliphatic rings. The Morgan fingerprint density at radius 1 is 1.47 bits per heavy atom. The number of benzene rings is 1. The van der Waals surface area contributed by atoms with Crippen molar-refractivity contribution in [3.63, 3.8) is 0 Å². The number of amides is 1. The molecule has 0 saturated heterocycles. The normalized spacial score (nSPS) is 10.2. The molecule has 1 heterocycles. The zero-order chi connectivity index (χ0) is 12.3. The maximum Gasteiger partial charge on any atom is 0.256 e. The number of rotatable bonds is 3. The zero-order valence-electron chi connectivity index (χ0n) is 9.65. The van der Waals surface area contributed by atoms with Crippen LogP contribution in [0.4, 0.5) is 5.69 Å². The van der Waals surface area contributed by atoms with E-state index in [9.17, 15) is 4.79 Å². The van der Waals surface area contributed by atoms with Gasteiger partial charge in [0.25, 0.3) is 5.91 Å². The fraction of sp³-hybridized carbons (Fsp3) is 0.167. The van der Waals surface area contributed by atoms with Gasteiger partial charge in [-0.25, -0.2) is 0 Å². The first-order valence-electron chi connectivity index (χ1n) is 5.15. The first kappa shape index (κ1) is 11.7. The van der Waals surface area contributed by atoms with Crippen molar-refractivity contribution in [2.45, 2.75) is 11.8 Å². The van der Waals surface area contributed by atoms with E-state index in [1.165, 1.54) is 0 Å². The summed E-state index contributed by atoms with van der Waals surface area (Å²) >= 11 is 1.62. The van der Waals surface area contributed by atoms with E-state index in [4.69, 9.17) is 0 Å². The van der Waals surface area contributed by atoms with Crippen LogP contribution in [0.1, 0.15) is 15.9 Å². The molecular weight excluding hydrogens is 234 g/mol. The number of aromatic amines is 1. The highest BCUT2D eigenvalue weighted by Gasteiger charge is 2.10. The minimum absolute atomic E-state index is 0.111. The Kier molecular flexibility index (Phi) is 3.49. The van der Waals surface area contributed by atoms with E-state index in [1.807, 2.05) is 31.4 Å². The van der Waals surface area contributed by atoms with Gasteiger partial charge in [-0.1, -0.05) is 6.07 Å². The SMILES string of the molecule is CSc1ccc(C)c(C(=O)Nc2cn[nH]c2)c1. The zero-order valence-corrected chi connectivity index (χ0v) is 10.5. The van der Waals surface area contributed by atoms with Gasteiger partial charge in [-0.2, -0.15) is 5.10 Å². The van der Waals surface area contributed by atoms with E-state index in [0.29, 0.717) is 11.3 Å². The topological polar surface area (TPSA) is 57.8 Å². The molecule has 0 aliphatic heterocycles. The maximum atomic E-state index is 12.0. The van der Waals surface area contributed by atoms with Gasteiger partial charge in [0, 0.05) is 16.7 Å². The monoisotopic (exact) mass is 247 g/mol. The van der Waals surface area contributed by atoms with Crippen LogP contribution in [0.25, 0.3) is 0 Å². The molecule has 2 rings (SSSR count). The molecule has 1 amide bonds. The number of carbonyl (C=O) groups is 1. The Hall–Kier alpha value is -1.75. The third-order valence-corrected chi connectivity index (χ3v) is 3.17. The molecule has 4 nitrogen and oxygen atoms in total. The van der Waals surface area contributed by atoms with Crippen molar-refractivity contribution in [2.24, 2.45) is 0 Å². The van der Waals surface area contributed by atoms with Crippen molar-refractivity contribution in [3.8, 4) is 0 Å². The fourth-order valence-electron chi connectivity index (χ4n) is 1.49. The number of thioether (sulfide) groups is 1. The molecule has 2 N–H and O–H groups in total. The highest BCUT2D eigenvalue weighted by molar-refractivity contribution is 7.98. The Morgan fingerprint density at radius 2 is 2.29 bits per heavy atom. The number of aryl methyl sites for hydroxylation is 1. The van der Waals surface area contributed by atoms with Crippen LogP contribution in [0, 0.1) is 6.92 Å². The lowest BCUT2D eigenvalue weighted by Gasteiger charge is -2.07. The Labute approximate surface area is 104 Å². The van der Waals surface area contributed by atoms with Gasteiger partial charge < -0.3 is 5.32 Å². The molecule has 0 fully saturated rings. The third kappa shape index (κ3) is 2.68. The molecule has 0 bridgehead atoms. The summed E-state index contributed by atoms with van der Waals surface area (Å²) in [6.07, 6.45) is 5.21. The van der Waals surface area contributed by atoms with Gasteiger partial charge in [-0.3, -0.25) is 9.89 Å². The smallest absolute Gasteiger partial charge is 0.256 e. The number of carbonyl (C=O) groups excluding carboxylic acids is 1. The number of nitrogens with one attached hydrogen (secondary N) is 2. The lowest BCUT2D eigenvalue weighted by molar-refractivity contribution is 0.102. The summed E-state index contributed by atoms with van der Waals surface area (Å²) in [7, 11) is 0. The van der Waals surface area contributed by atoms with Crippen LogP contribution in [0.3, 0.4) is 0 Å². The van der Waals surface area contributed by atoms with Crippen LogP contribution >= 0.6 is 11.8 Å². The molecule has 0 radical (unpaired) electrons. The molecule has 5 heteroatoms. The molecule has 1 aromatic carbocycles. The quantitative estimate of drug-likeness (QED) is 0.820. The molecule has 0 unspecified atom stereocenters. The van der Waals surface area contributed by atoms with Gasteiger partial charge in [0.15, 0.2) is 0 Å². The number of H-pyrrole nitrogens is 1. The van der Waals surface area contributed by atoms with E-state index >= 15 is 0 Å². The Morgan fingerprint density at radius 3 is 2.94 bits per heavy atom. The lowest BCUT2D eigenvalue weighted by atomic mass is 10.1. The highest BCUT2D eigenvalue weighted by atomic mass is 32.2. The van der Waals surface area contributed by atoms with E-state index < -0.39 is 0 Å². The molecular formula is C12H13N3OS. The number of hydrogen-bond acceptors (Lipinski definition) is 3. The van der Waals surface area contributed by atoms with Crippen LogP contribution in [0.5, 0.6) is 0 Å². The van der Waals surface area contributed by atoms with Gasteiger partial charge in [0.1, 0.15) is 0 Å². The molecule has 0 spiro atoms. The first-order chi connectivity index (χ1) is 8.20. The van der Waals surface area contributed by atoms with Gasteiger partial charge in [0.2, 0.25) is 0 Å². The minimum atomic E-state index is -0.111. The van der Waals surface area contributed by atoms with Crippen molar-refractivity contribution in [2.75, 3.05) is 11.6 Å². The standard InChI is InChI=1S/C12H13N3OS/c1-8-3-4-10(17-2)5-11(8)12(16)15-9-6-13-14-7-9/h3-7H,1-2H3,(H,13,14)(H,15,16). The summed E-state index contributed by atoms with van der Waals surface area (Å²) in [6.45, 7) is 1.92. The average Bonchev–Trinajstić information content (AvgIpc) is 2.82. The molecule has 88 valence electrons. The lowest BCUT2D eigenvalue weighted by Crippen LogP contribution is -2.13. The second-order valence-corrected chi connectivity index (χ2v) is 4.50. The van der Waals surface area contributed by atoms with Gasteiger partial charge in [0.05, 0.1) is 11.9 Å². The van der Waals surface area contributed by atoms with Crippen molar-refractivity contribution in [3.05, 3.63) is 41.7 Å². The summed E-state index contributed by atoms with van der Waals surface area (Å²) in [4.78, 5) is 13.1. The highest BCUT2D eigenvalue weighted by Crippen LogP contribution is 2.20. The van der Waals surface area contributed by atoms with Crippen molar-refractivity contribution >= 4 is 23.4 Å². The predicted octanol–water partition coefficient (Wildman–Crippen LogP) is 2.69. The average molecular weight is 247 g/mol. The molecule has 0 saturated carbocycles. The van der Waals surface area contributed by atoms with Gasteiger partial charge in [-0.15, -0.1) is 11.8 Å². The van der Waals surface area contributed by atoms with E-state index in [-0.39, 0.29) is 5.91 Å². The summed E-state index contributed by atoms with van der Waals surface area (Å²) in [5, 5.41) is 9.22. The van der Waals surface area contributed by atoms with Crippen molar-refractivity contribution < 1.29 is 4.79 Å². The molecule has 2 aromatic rings. The Balaban J connectivity index is 2.24. The second-order valence-electron chi connectivity index (χ2n) is 3.62. The van der Waals surface area contributed by atoms with Crippen molar-refractivity contribution in [1.82, 2.24) is 10.2 Å². The largest absolute Gasteiger partial charge is 0.319 e. The first-order valence-corrected chi connectivity index (χ1v) is 6.38. The summed E-state index contributed by atoms with van der Waals surface area (Å²) in [6, 6.07) is 5.86. The summed E-state index contributed by atoms with van der Waals surface area (Å²) in [5.41, 5.74) is 2.32. The van der Waals surface area contributed by atoms with Crippen LogP contribution in [-0.2, 0) is 0 Å². The minimum Gasteiger partial charge on any atom is -0.319 e. The van der Waals surface area contributed by atoms with E-state index in [2.05, 4.69) is 15.5 Å². The Bertz CT molecular complexity index is 523. The number of aromatic nitrogens is 2. The van der Waals surface area contributed by atoms with Crippen molar-refractivity contribution in [1.29, 1.82) is 0 Å². The fourth-order valence-corrected chi connectivity index (χ4v) is 1.93. The summed E-state index contributed by atoms with van der Waals surface area (Å²) in [5.74, 6) is -0.111. The van der Waals surface area contributed by atoms with Crippen LogP contribution in [0.15, 0.2) is 35.5 Å². The van der Waals surface area contributed by atoms with Crippen LogP contribution in [0.2, 0.25) is 0 Å². The summed E-state index contributed by atoms with van der Waals surface area (Å²) < 4.78 is 0. The molecule has 0 atom stereocenters. The van der Waals surface area contributed by atoms with E-state index in [0.717, 1.165) is 10.5 Å². The van der Waals surface area contributed by atoms with Crippen LogP contribution in [-0.4, -0.2) is 22.4 Å². The maximum absolute atomic E-state index is 12.0. The second kappa shape index (κ2) is 5.05. The van der Waals surface area contributed by atoms with E-state index in [1.54, 1.807) is 24.2 Å².